The Balaban J connectivity index is 1.58. The highest BCUT2D eigenvalue weighted by Crippen LogP contribution is 2.33. The molecule has 4 rings (SSSR count). The fourth-order valence-corrected chi connectivity index (χ4v) is 3.88. The van der Waals surface area contributed by atoms with Crippen LogP contribution in [-0.2, 0) is 4.79 Å². The molecule has 1 fully saturated rings. The molecule has 2 aromatic carbocycles. The van der Waals surface area contributed by atoms with Crippen LogP contribution in [0, 0.1) is 6.92 Å². The molecule has 8 heteroatoms. The van der Waals surface area contributed by atoms with E-state index in [1.807, 2.05) is 31.2 Å². The summed E-state index contributed by atoms with van der Waals surface area (Å²) in [4.78, 5) is 28.4. The van der Waals surface area contributed by atoms with Crippen molar-refractivity contribution < 1.29 is 19.1 Å². The molecule has 150 valence electrons. The van der Waals surface area contributed by atoms with Gasteiger partial charge in [0.15, 0.2) is 5.17 Å². The van der Waals surface area contributed by atoms with Crippen molar-refractivity contribution in [3.63, 3.8) is 0 Å². The van der Waals surface area contributed by atoms with Crippen molar-refractivity contribution in [3.8, 4) is 11.3 Å². The molecule has 30 heavy (non-hydrogen) atoms. The standard InChI is InChI=1S/C22H15ClN2O4S/c1-12-3-2-4-14(9-12)24-22-25-20(26)19(30-22)11-15-6-8-18(29-15)16-10-13(21(27)28)5-7-17(16)23/h2-11H,1H3,(H,27,28)(H,24,25,26)/b19-11-. The summed E-state index contributed by atoms with van der Waals surface area (Å²) in [5.74, 6) is -0.472. The number of hydrogen-bond donors (Lipinski definition) is 2. The van der Waals surface area contributed by atoms with Gasteiger partial charge in [0.05, 0.1) is 21.2 Å². The Kier molecular flexibility index (Phi) is 5.48. The van der Waals surface area contributed by atoms with Crippen LogP contribution in [-0.4, -0.2) is 22.2 Å². The normalized spacial score (nSPS) is 16.3. The van der Waals surface area contributed by atoms with Crippen LogP contribution in [0.5, 0.6) is 0 Å². The Hall–Kier alpha value is -3.29. The number of rotatable bonds is 4. The van der Waals surface area contributed by atoms with Gasteiger partial charge in [0, 0.05) is 11.6 Å². The fraction of sp³-hybridized carbons (Fsp3) is 0.0455. The number of benzene rings is 2. The van der Waals surface area contributed by atoms with Gasteiger partial charge < -0.3 is 14.8 Å². The number of carboxylic acid groups (broad SMARTS) is 1. The van der Waals surface area contributed by atoms with Crippen LogP contribution in [0.15, 0.2) is 68.9 Å². The van der Waals surface area contributed by atoms with Crippen LogP contribution in [0.25, 0.3) is 17.4 Å². The maximum Gasteiger partial charge on any atom is 0.335 e. The average molecular weight is 439 g/mol. The Morgan fingerprint density at radius 3 is 2.80 bits per heavy atom. The molecule has 1 amide bonds. The number of amidine groups is 1. The third-order valence-corrected chi connectivity index (χ3v) is 5.50. The zero-order valence-electron chi connectivity index (χ0n) is 15.7. The zero-order valence-corrected chi connectivity index (χ0v) is 17.3. The number of carbonyl (C=O) groups is 2. The Morgan fingerprint density at radius 1 is 1.20 bits per heavy atom. The van der Waals surface area contributed by atoms with Gasteiger partial charge in [-0.3, -0.25) is 4.79 Å². The van der Waals surface area contributed by atoms with Gasteiger partial charge in [-0.1, -0.05) is 23.7 Å². The third-order valence-electron chi connectivity index (χ3n) is 4.26. The van der Waals surface area contributed by atoms with Gasteiger partial charge >= 0.3 is 5.97 Å². The number of halogens is 1. The lowest BCUT2D eigenvalue weighted by Gasteiger charge is -2.02. The summed E-state index contributed by atoms with van der Waals surface area (Å²) < 4.78 is 5.78. The number of carbonyl (C=O) groups excluding carboxylic acids is 1. The molecule has 1 aromatic heterocycles. The van der Waals surface area contributed by atoms with Crippen molar-refractivity contribution in [1.29, 1.82) is 0 Å². The Morgan fingerprint density at radius 2 is 2.03 bits per heavy atom. The molecule has 0 radical (unpaired) electrons. The van der Waals surface area contributed by atoms with Gasteiger partial charge in [-0.05, 0) is 66.7 Å². The van der Waals surface area contributed by atoms with Crippen molar-refractivity contribution in [3.05, 3.63) is 81.4 Å². The largest absolute Gasteiger partial charge is 0.478 e. The minimum absolute atomic E-state index is 0.105. The Bertz CT molecular complexity index is 1230. The van der Waals surface area contributed by atoms with Gasteiger partial charge in [0.2, 0.25) is 0 Å². The summed E-state index contributed by atoms with van der Waals surface area (Å²) in [6.07, 6.45) is 1.61. The van der Waals surface area contributed by atoms with Crippen LogP contribution in [0.3, 0.4) is 0 Å². The van der Waals surface area contributed by atoms with E-state index in [-0.39, 0.29) is 11.5 Å². The van der Waals surface area contributed by atoms with E-state index in [0.29, 0.717) is 32.2 Å². The molecular formula is C22H15ClN2O4S. The summed E-state index contributed by atoms with van der Waals surface area (Å²) in [6.45, 7) is 1.97. The molecule has 0 unspecified atom stereocenters. The smallest absolute Gasteiger partial charge is 0.335 e. The van der Waals surface area contributed by atoms with Gasteiger partial charge in [-0.15, -0.1) is 0 Å². The fourth-order valence-electron chi connectivity index (χ4n) is 2.85. The van der Waals surface area contributed by atoms with Gasteiger partial charge in [-0.25, -0.2) is 9.79 Å². The molecular weight excluding hydrogens is 424 g/mol. The van der Waals surface area contributed by atoms with E-state index in [9.17, 15) is 14.7 Å². The summed E-state index contributed by atoms with van der Waals surface area (Å²) >= 11 is 7.41. The summed E-state index contributed by atoms with van der Waals surface area (Å²) in [6, 6.07) is 15.4. The first-order chi connectivity index (χ1) is 14.4. The third kappa shape index (κ3) is 4.32. The first kappa shape index (κ1) is 20.0. The first-order valence-corrected chi connectivity index (χ1v) is 10.1. The van der Waals surface area contributed by atoms with E-state index in [0.717, 1.165) is 11.3 Å². The van der Waals surface area contributed by atoms with E-state index in [4.69, 9.17) is 16.0 Å². The van der Waals surface area contributed by atoms with E-state index in [2.05, 4.69) is 10.3 Å². The molecule has 3 aromatic rings. The first-order valence-electron chi connectivity index (χ1n) is 8.88. The molecule has 0 bridgehead atoms. The SMILES string of the molecule is Cc1cccc(N=C2NC(=O)/C(=C/c3ccc(-c4cc(C(=O)O)ccc4Cl)o3)S2)c1. The maximum atomic E-state index is 12.3. The molecule has 0 aliphatic carbocycles. The lowest BCUT2D eigenvalue weighted by atomic mass is 10.1. The second kappa shape index (κ2) is 8.22. The van der Waals surface area contributed by atoms with Crippen molar-refractivity contribution in [1.82, 2.24) is 5.32 Å². The van der Waals surface area contributed by atoms with Crippen molar-refractivity contribution >= 4 is 52.2 Å². The van der Waals surface area contributed by atoms with Gasteiger partial charge in [0.1, 0.15) is 11.5 Å². The molecule has 0 saturated carbocycles. The van der Waals surface area contributed by atoms with Crippen LogP contribution in [0.4, 0.5) is 5.69 Å². The number of thioether (sulfide) groups is 1. The minimum Gasteiger partial charge on any atom is -0.478 e. The van der Waals surface area contributed by atoms with Gasteiger partial charge in [-0.2, -0.15) is 0 Å². The van der Waals surface area contributed by atoms with Crippen molar-refractivity contribution in [2.75, 3.05) is 0 Å². The number of amides is 1. The van der Waals surface area contributed by atoms with E-state index < -0.39 is 5.97 Å². The minimum atomic E-state index is -1.05. The lowest BCUT2D eigenvalue weighted by Crippen LogP contribution is -2.19. The summed E-state index contributed by atoms with van der Waals surface area (Å²) in [7, 11) is 0. The highest BCUT2D eigenvalue weighted by Gasteiger charge is 2.24. The number of nitrogens with zero attached hydrogens (tertiary/aromatic N) is 1. The van der Waals surface area contributed by atoms with E-state index in [1.165, 1.54) is 30.0 Å². The molecule has 0 spiro atoms. The maximum absolute atomic E-state index is 12.3. The number of aromatic carboxylic acids is 1. The number of furan rings is 1. The second-order valence-corrected chi connectivity index (χ2v) is 7.96. The highest BCUT2D eigenvalue weighted by atomic mass is 35.5. The molecule has 1 aliphatic rings. The highest BCUT2D eigenvalue weighted by molar-refractivity contribution is 8.18. The molecule has 1 aliphatic heterocycles. The monoisotopic (exact) mass is 438 g/mol. The number of hydrogen-bond acceptors (Lipinski definition) is 5. The van der Waals surface area contributed by atoms with Crippen LogP contribution in [0.2, 0.25) is 5.02 Å². The quantitative estimate of drug-likeness (QED) is 0.525. The molecule has 6 nitrogen and oxygen atoms in total. The van der Waals surface area contributed by atoms with Crippen molar-refractivity contribution in [2.45, 2.75) is 6.92 Å². The number of aliphatic imine (C=N–C) groups is 1. The number of nitrogens with one attached hydrogen (secondary N) is 1. The summed E-state index contributed by atoms with van der Waals surface area (Å²) in [5.41, 5.74) is 2.41. The molecule has 2 N–H and O–H groups in total. The van der Waals surface area contributed by atoms with E-state index in [1.54, 1.807) is 18.2 Å². The molecule has 0 atom stereocenters. The van der Waals surface area contributed by atoms with E-state index >= 15 is 0 Å². The summed E-state index contributed by atoms with van der Waals surface area (Å²) in [5, 5.41) is 12.8. The topological polar surface area (TPSA) is 91.9 Å². The predicted molar refractivity (Wildman–Crippen MR) is 118 cm³/mol. The second-order valence-electron chi connectivity index (χ2n) is 6.52. The van der Waals surface area contributed by atoms with Crippen LogP contribution < -0.4 is 5.32 Å². The Labute approximate surface area is 181 Å². The average Bonchev–Trinajstić information content (AvgIpc) is 3.29. The van der Waals surface area contributed by atoms with Crippen molar-refractivity contribution in [2.24, 2.45) is 4.99 Å². The molecule has 1 saturated heterocycles. The number of aryl methyl sites for hydroxylation is 1. The lowest BCUT2D eigenvalue weighted by molar-refractivity contribution is -0.115. The zero-order chi connectivity index (χ0) is 21.3. The number of carboxylic acids is 1. The van der Waals surface area contributed by atoms with Crippen LogP contribution >= 0.6 is 23.4 Å². The van der Waals surface area contributed by atoms with Crippen LogP contribution in [0.1, 0.15) is 21.7 Å². The molecule has 2 heterocycles. The van der Waals surface area contributed by atoms with Gasteiger partial charge in [0.25, 0.3) is 5.91 Å². The predicted octanol–water partition coefficient (Wildman–Crippen LogP) is 5.50.